The van der Waals surface area contributed by atoms with Crippen molar-refractivity contribution in [3.8, 4) is 5.75 Å². The zero-order valence-corrected chi connectivity index (χ0v) is 23.6. The molecular formula is C34H41N2O+. The average Bonchev–Trinajstić information content (AvgIpc) is 3.25. The van der Waals surface area contributed by atoms with Crippen molar-refractivity contribution in [2.75, 3.05) is 25.1 Å². The summed E-state index contributed by atoms with van der Waals surface area (Å²) in [7, 11) is 1.75. The maximum absolute atomic E-state index is 5.58. The fraction of sp³-hybridized carbons (Fsp3) is 0.382. The number of methoxy groups -OCH3 is 1. The highest BCUT2D eigenvalue weighted by atomic mass is 16.5. The molecule has 0 saturated heterocycles. The maximum atomic E-state index is 5.58. The number of ether oxygens (including phenoxy) is 1. The highest BCUT2D eigenvalue weighted by molar-refractivity contribution is 6.07. The largest absolute Gasteiger partial charge is 0.497 e. The Bertz CT molecular complexity index is 1440. The molecule has 0 unspecified atom stereocenters. The van der Waals surface area contributed by atoms with E-state index in [0.717, 1.165) is 18.8 Å². The lowest BCUT2D eigenvalue weighted by Gasteiger charge is -2.27. The monoisotopic (exact) mass is 493 g/mol. The fourth-order valence-electron chi connectivity index (χ4n) is 6.34. The van der Waals surface area contributed by atoms with Gasteiger partial charge in [0.2, 0.25) is 5.69 Å². The fourth-order valence-corrected chi connectivity index (χ4v) is 6.34. The topological polar surface area (TPSA) is 15.5 Å². The minimum absolute atomic E-state index is 0.0617. The summed E-state index contributed by atoms with van der Waals surface area (Å²) in [5.41, 5.74) is 7.96. The number of nitrogens with zero attached hydrogens (tertiary/aromatic N) is 2. The van der Waals surface area contributed by atoms with Gasteiger partial charge in [0.25, 0.3) is 0 Å². The van der Waals surface area contributed by atoms with Gasteiger partial charge in [-0.25, -0.2) is 0 Å². The molecule has 3 aromatic rings. The van der Waals surface area contributed by atoms with Crippen molar-refractivity contribution < 1.29 is 9.31 Å². The van der Waals surface area contributed by atoms with Crippen LogP contribution in [0.5, 0.6) is 5.75 Å². The number of benzene rings is 3. The molecule has 5 rings (SSSR count). The first-order valence-electron chi connectivity index (χ1n) is 13.8. The lowest BCUT2D eigenvalue weighted by Crippen LogP contribution is -2.28. The second kappa shape index (κ2) is 9.52. The first kappa shape index (κ1) is 25.3. The minimum atomic E-state index is -0.0958. The summed E-state index contributed by atoms with van der Waals surface area (Å²) in [6, 6.07) is 19.9. The molecule has 3 aromatic carbocycles. The number of hydrogen-bond donors (Lipinski definition) is 0. The summed E-state index contributed by atoms with van der Waals surface area (Å²) in [6.45, 7) is 15.9. The number of unbranched alkanes of at least 4 members (excludes halogenated alkanes) is 1. The molecule has 0 atom stereocenters. The predicted molar refractivity (Wildman–Crippen MR) is 158 cm³/mol. The van der Waals surface area contributed by atoms with E-state index in [1.807, 2.05) is 0 Å². The van der Waals surface area contributed by atoms with Crippen LogP contribution < -0.4 is 9.64 Å². The van der Waals surface area contributed by atoms with Gasteiger partial charge in [0.15, 0.2) is 5.71 Å². The van der Waals surface area contributed by atoms with Gasteiger partial charge in [0.1, 0.15) is 12.3 Å². The number of hydrogen-bond acceptors (Lipinski definition) is 2. The van der Waals surface area contributed by atoms with E-state index in [0.29, 0.717) is 0 Å². The SMILES string of the molecule is CCCCN1C(=CC=CC2=[N+](CC)c3c(ccc4ccccc34)C2(C)C)C(C)(C)c2cc(OC)ccc21. The molecule has 0 radical (unpaired) electrons. The molecule has 0 saturated carbocycles. The van der Waals surface area contributed by atoms with Crippen molar-refractivity contribution in [2.24, 2.45) is 0 Å². The molecule has 2 aliphatic heterocycles. The molecule has 2 aliphatic rings. The van der Waals surface area contributed by atoms with Gasteiger partial charge in [-0.2, -0.15) is 4.58 Å². The molecule has 0 aromatic heterocycles. The van der Waals surface area contributed by atoms with Crippen LogP contribution in [0, 0.1) is 0 Å². The Kier molecular flexibility index (Phi) is 6.52. The van der Waals surface area contributed by atoms with Crippen LogP contribution in [-0.4, -0.2) is 30.5 Å². The standard InChI is InChI=1S/C34H41N2O/c1-8-10-22-36-29-21-19-25(37-7)23-28(29)34(5,6)31(36)17-13-16-30-33(3,4)27-20-18-24-14-11-12-15-26(24)32(27)35(30)9-2/h11-21,23H,8-10,22H2,1-7H3/q+1. The molecule has 37 heavy (non-hydrogen) atoms. The summed E-state index contributed by atoms with van der Waals surface area (Å²) in [5, 5.41) is 2.64. The van der Waals surface area contributed by atoms with E-state index in [1.54, 1.807) is 7.11 Å². The van der Waals surface area contributed by atoms with Crippen LogP contribution in [0.3, 0.4) is 0 Å². The molecule has 0 aliphatic carbocycles. The van der Waals surface area contributed by atoms with Gasteiger partial charge in [0.05, 0.1) is 17.9 Å². The number of rotatable bonds is 7. The third-order valence-corrected chi connectivity index (χ3v) is 8.43. The van der Waals surface area contributed by atoms with Crippen LogP contribution in [0.1, 0.15) is 65.5 Å². The van der Waals surface area contributed by atoms with Crippen LogP contribution in [0.4, 0.5) is 11.4 Å². The molecular weight excluding hydrogens is 452 g/mol. The van der Waals surface area contributed by atoms with Crippen molar-refractivity contribution in [3.05, 3.63) is 89.6 Å². The van der Waals surface area contributed by atoms with Crippen LogP contribution in [-0.2, 0) is 10.8 Å². The average molecular weight is 494 g/mol. The van der Waals surface area contributed by atoms with Crippen molar-refractivity contribution in [2.45, 2.75) is 65.2 Å². The Hall–Kier alpha value is -3.33. The van der Waals surface area contributed by atoms with Crippen molar-refractivity contribution >= 4 is 27.9 Å². The van der Waals surface area contributed by atoms with E-state index in [2.05, 4.69) is 124 Å². The third kappa shape index (κ3) is 4.00. The summed E-state index contributed by atoms with van der Waals surface area (Å²) >= 11 is 0. The normalized spacial score (nSPS) is 18.8. The van der Waals surface area contributed by atoms with E-state index in [9.17, 15) is 0 Å². The third-order valence-electron chi connectivity index (χ3n) is 8.43. The first-order valence-corrected chi connectivity index (χ1v) is 13.8. The van der Waals surface area contributed by atoms with Crippen LogP contribution in [0.25, 0.3) is 10.8 Å². The Labute approximate surface area is 222 Å². The molecule has 3 heteroatoms. The highest BCUT2D eigenvalue weighted by Crippen LogP contribution is 2.49. The van der Waals surface area contributed by atoms with E-state index in [-0.39, 0.29) is 10.8 Å². The quantitative estimate of drug-likeness (QED) is 0.308. The van der Waals surface area contributed by atoms with E-state index in [1.165, 1.54) is 57.5 Å². The Morgan fingerprint density at radius 1 is 0.919 bits per heavy atom. The molecule has 0 spiro atoms. The molecule has 3 nitrogen and oxygen atoms in total. The summed E-state index contributed by atoms with van der Waals surface area (Å²) in [5.74, 6) is 0.922. The zero-order valence-electron chi connectivity index (χ0n) is 23.6. The minimum Gasteiger partial charge on any atom is -0.497 e. The van der Waals surface area contributed by atoms with Gasteiger partial charge in [0, 0.05) is 35.0 Å². The van der Waals surface area contributed by atoms with Gasteiger partial charge in [-0.3, -0.25) is 0 Å². The van der Waals surface area contributed by atoms with Gasteiger partial charge in [-0.15, -0.1) is 0 Å². The summed E-state index contributed by atoms with van der Waals surface area (Å²) < 4.78 is 8.10. The van der Waals surface area contributed by atoms with Crippen molar-refractivity contribution in [3.63, 3.8) is 0 Å². The molecule has 0 N–H and O–H groups in total. The molecule has 192 valence electrons. The smallest absolute Gasteiger partial charge is 0.217 e. The van der Waals surface area contributed by atoms with Crippen LogP contribution in [0.2, 0.25) is 0 Å². The maximum Gasteiger partial charge on any atom is 0.217 e. The molecule has 0 bridgehead atoms. The van der Waals surface area contributed by atoms with Crippen molar-refractivity contribution in [1.82, 2.24) is 0 Å². The summed E-state index contributed by atoms with van der Waals surface area (Å²) in [6.07, 6.45) is 9.32. The Morgan fingerprint density at radius 3 is 2.43 bits per heavy atom. The van der Waals surface area contributed by atoms with Gasteiger partial charge < -0.3 is 9.64 Å². The van der Waals surface area contributed by atoms with Crippen LogP contribution in [0.15, 0.2) is 78.5 Å². The number of allylic oxidation sites excluding steroid dienone is 4. The van der Waals surface area contributed by atoms with Crippen LogP contribution >= 0.6 is 0 Å². The predicted octanol–water partition coefficient (Wildman–Crippen LogP) is 8.28. The van der Waals surface area contributed by atoms with Gasteiger partial charge in [-0.05, 0) is 68.5 Å². The number of fused-ring (bicyclic) bond motifs is 4. The van der Waals surface area contributed by atoms with E-state index >= 15 is 0 Å². The van der Waals surface area contributed by atoms with Crippen molar-refractivity contribution in [1.29, 1.82) is 0 Å². The van der Waals surface area contributed by atoms with E-state index in [4.69, 9.17) is 4.74 Å². The van der Waals surface area contributed by atoms with Gasteiger partial charge in [-0.1, -0.05) is 63.6 Å². The first-order chi connectivity index (χ1) is 17.7. The van der Waals surface area contributed by atoms with E-state index < -0.39 is 0 Å². The molecule has 2 heterocycles. The zero-order chi connectivity index (χ0) is 26.4. The second-order valence-corrected chi connectivity index (χ2v) is 11.4. The lowest BCUT2D eigenvalue weighted by atomic mass is 9.80. The number of anilines is 1. The highest BCUT2D eigenvalue weighted by Gasteiger charge is 2.45. The molecule has 0 fully saturated rings. The lowest BCUT2D eigenvalue weighted by molar-refractivity contribution is -0.431. The second-order valence-electron chi connectivity index (χ2n) is 11.4. The Morgan fingerprint density at radius 2 is 1.70 bits per heavy atom. The molecule has 0 amide bonds. The Balaban J connectivity index is 1.59. The summed E-state index contributed by atoms with van der Waals surface area (Å²) in [4.78, 5) is 2.52. The van der Waals surface area contributed by atoms with Gasteiger partial charge >= 0.3 is 0 Å².